The van der Waals surface area contributed by atoms with Crippen LogP contribution in [0.15, 0.2) is 0 Å². The van der Waals surface area contributed by atoms with Crippen molar-refractivity contribution < 1.29 is 29.0 Å². The average Bonchev–Trinajstić information content (AvgIpc) is 2.56. The van der Waals surface area contributed by atoms with Crippen molar-refractivity contribution in [2.45, 2.75) is 84.1 Å². The number of nitrogens with zero attached hydrogens (tertiary/aromatic N) is 2. The van der Waals surface area contributed by atoms with Crippen LogP contribution < -0.4 is 5.73 Å². The van der Waals surface area contributed by atoms with Gasteiger partial charge in [-0.15, -0.1) is 0 Å². The van der Waals surface area contributed by atoms with Crippen molar-refractivity contribution in [1.82, 2.24) is 9.80 Å². The lowest BCUT2D eigenvalue weighted by Gasteiger charge is -2.35. The summed E-state index contributed by atoms with van der Waals surface area (Å²) in [4.78, 5) is 38.7. The summed E-state index contributed by atoms with van der Waals surface area (Å²) < 4.78 is 10.8. The number of ether oxygens (including phenoxy) is 2. The van der Waals surface area contributed by atoms with Crippen LogP contribution in [-0.2, 0) is 19.1 Å². The Morgan fingerprint density at radius 2 is 1.69 bits per heavy atom. The van der Waals surface area contributed by atoms with E-state index in [-0.39, 0.29) is 31.6 Å². The quantitative estimate of drug-likeness (QED) is 0.608. The number of carboxylic acid groups (broad SMARTS) is 1. The van der Waals surface area contributed by atoms with E-state index in [1.54, 1.807) is 46.4 Å². The highest BCUT2D eigenvalue weighted by Gasteiger charge is 2.30. The first kappa shape index (κ1) is 25.2. The minimum absolute atomic E-state index is 0.104. The van der Waals surface area contributed by atoms with Gasteiger partial charge in [-0.25, -0.2) is 9.59 Å². The third kappa shape index (κ3) is 8.99. The smallest absolute Gasteiger partial charge is 0.407 e. The molecule has 0 unspecified atom stereocenters. The van der Waals surface area contributed by atoms with Gasteiger partial charge in [-0.1, -0.05) is 0 Å². The second-order valence-electron chi connectivity index (χ2n) is 9.42. The summed E-state index contributed by atoms with van der Waals surface area (Å²) in [5, 5.41) is 9.33. The van der Waals surface area contributed by atoms with Crippen LogP contribution in [0.5, 0.6) is 0 Å². The van der Waals surface area contributed by atoms with Gasteiger partial charge in [-0.05, 0) is 60.8 Å². The normalized spacial score (nSPS) is 17.0. The fourth-order valence-electron chi connectivity index (χ4n) is 3.14. The Bertz CT molecular complexity index is 574. The van der Waals surface area contributed by atoms with Gasteiger partial charge >= 0.3 is 12.1 Å². The van der Waals surface area contributed by atoms with Gasteiger partial charge in [-0.3, -0.25) is 4.79 Å². The molecule has 29 heavy (non-hydrogen) atoms. The summed E-state index contributed by atoms with van der Waals surface area (Å²) in [6, 6.07) is -0.751. The van der Waals surface area contributed by atoms with Crippen molar-refractivity contribution in [1.29, 1.82) is 0 Å². The molecule has 1 aliphatic heterocycles. The number of amides is 2. The van der Waals surface area contributed by atoms with Crippen LogP contribution in [0.4, 0.5) is 4.79 Å². The van der Waals surface area contributed by atoms with Crippen molar-refractivity contribution in [3.05, 3.63) is 0 Å². The predicted octanol–water partition coefficient (Wildman–Crippen LogP) is 1.83. The molecule has 0 radical (unpaired) electrons. The maximum atomic E-state index is 12.6. The Morgan fingerprint density at radius 3 is 2.14 bits per heavy atom. The van der Waals surface area contributed by atoms with Crippen LogP contribution in [0.1, 0.15) is 60.8 Å². The second-order valence-corrected chi connectivity index (χ2v) is 9.42. The van der Waals surface area contributed by atoms with E-state index >= 15 is 0 Å². The molecule has 1 atom stereocenters. The maximum absolute atomic E-state index is 12.6. The molecule has 0 aromatic carbocycles. The van der Waals surface area contributed by atoms with E-state index in [2.05, 4.69) is 0 Å². The van der Waals surface area contributed by atoms with Crippen molar-refractivity contribution in [3.63, 3.8) is 0 Å². The number of carbonyl (C=O) groups is 3. The zero-order chi connectivity index (χ0) is 22.4. The Morgan fingerprint density at radius 1 is 1.14 bits per heavy atom. The van der Waals surface area contributed by atoms with Crippen molar-refractivity contribution in [3.8, 4) is 0 Å². The molecule has 9 heteroatoms. The number of hydrogen-bond acceptors (Lipinski definition) is 6. The van der Waals surface area contributed by atoms with E-state index in [4.69, 9.17) is 15.2 Å². The number of hydrogen-bond donors (Lipinski definition) is 2. The van der Waals surface area contributed by atoms with Crippen LogP contribution in [0, 0.1) is 0 Å². The molecule has 168 valence electrons. The topological polar surface area (TPSA) is 122 Å². The van der Waals surface area contributed by atoms with E-state index in [9.17, 15) is 19.5 Å². The first-order valence-corrected chi connectivity index (χ1v) is 10.1. The summed E-state index contributed by atoms with van der Waals surface area (Å²) in [6.45, 7) is 11.9. The van der Waals surface area contributed by atoms with E-state index in [1.807, 2.05) is 0 Å². The zero-order valence-electron chi connectivity index (χ0n) is 18.6. The molecule has 1 saturated heterocycles. The van der Waals surface area contributed by atoms with Gasteiger partial charge in [0, 0.05) is 25.2 Å². The molecular formula is C20H37N3O6. The van der Waals surface area contributed by atoms with Crippen molar-refractivity contribution >= 4 is 18.0 Å². The highest BCUT2D eigenvalue weighted by atomic mass is 16.6. The molecular weight excluding hydrogens is 378 g/mol. The molecule has 2 amide bonds. The van der Waals surface area contributed by atoms with Crippen molar-refractivity contribution in [2.75, 3.05) is 26.2 Å². The van der Waals surface area contributed by atoms with Crippen molar-refractivity contribution in [2.24, 2.45) is 5.73 Å². The fraction of sp³-hybridized carbons (Fsp3) is 0.850. The van der Waals surface area contributed by atoms with E-state index in [1.165, 1.54) is 4.90 Å². The summed E-state index contributed by atoms with van der Waals surface area (Å²) in [5.41, 5.74) is 4.93. The molecule has 1 heterocycles. The lowest BCUT2D eigenvalue weighted by Crippen LogP contribution is -2.51. The van der Waals surface area contributed by atoms with E-state index < -0.39 is 29.2 Å². The zero-order valence-corrected chi connectivity index (χ0v) is 18.6. The molecule has 3 N–H and O–H groups in total. The number of piperidine rings is 1. The molecule has 0 bridgehead atoms. The molecule has 0 aliphatic carbocycles. The van der Waals surface area contributed by atoms with Gasteiger partial charge < -0.3 is 30.1 Å². The standard InChI is InChI=1S/C20H37N3O6/c1-19(2,3)23(18(26)27)12-9-15(21)17(25)22-10-7-14(8-11-22)28-13-16(24)29-20(4,5)6/h14-15H,7-13,21H2,1-6H3,(H,26,27)/t15-/m0/s1. The summed E-state index contributed by atoms with van der Waals surface area (Å²) >= 11 is 0. The minimum Gasteiger partial charge on any atom is -0.465 e. The number of esters is 1. The largest absolute Gasteiger partial charge is 0.465 e. The van der Waals surface area contributed by atoms with Crippen LogP contribution >= 0.6 is 0 Å². The summed E-state index contributed by atoms with van der Waals surface area (Å²) in [7, 11) is 0. The van der Waals surface area contributed by atoms with Crippen LogP contribution in [-0.4, -0.2) is 82.4 Å². The van der Waals surface area contributed by atoms with Gasteiger partial charge in [0.2, 0.25) is 5.91 Å². The molecule has 0 spiro atoms. The molecule has 0 aromatic heterocycles. The first-order chi connectivity index (χ1) is 13.2. The Hall–Kier alpha value is -1.87. The molecule has 1 fully saturated rings. The van der Waals surface area contributed by atoms with E-state index in [0.29, 0.717) is 25.9 Å². The van der Waals surface area contributed by atoms with Gasteiger partial charge in [0.05, 0.1) is 12.1 Å². The summed E-state index contributed by atoms with van der Waals surface area (Å²) in [6.07, 6.45) is 0.359. The van der Waals surface area contributed by atoms with Gasteiger partial charge in [0.1, 0.15) is 12.2 Å². The van der Waals surface area contributed by atoms with E-state index in [0.717, 1.165) is 0 Å². The molecule has 1 rings (SSSR count). The molecule has 1 aliphatic rings. The minimum atomic E-state index is -1.03. The number of carbonyl (C=O) groups excluding carboxylic acids is 2. The lowest BCUT2D eigenvalue weighted by molar-refractivity contribution is -0.163. The van der Waals surface area contributed by atoms with Crippen LogP contribution in [0.3, 0.4) is 0 Å². The monoisotopic (exact) mass is 415 g/mol. The van der Waals surface area contributed by atoms with Crippen LogP contribution in [0.2, 0.25) is 0 Å². The highest BCUT2D eigenvalue weighted by molar-refractivity contribution is 5.81. The third-order valence-corrected chi connectivity index (χ3v) is 4.63. The highest BCUT2D eigenvalue weighted by Crippen LogP contribution is 2.17. The number of rotatable bonds is 7. The van der Waals surface area contributed by atoms with Gasteiger partial charge in [0.25, 0.3) is 0 Å². The third-order valence-electron chi connectivity index (χ3n) is 4.63. The van der Waals surface area contributed by atoms with Gasteiger partial charge in [-0.2, -0.15) is 0 Å². The second kappa shape index (κ2) is 10.2. The molecule has 0 saturated carbocycles. The number of nitrogens with two attached hydrogens (primary N) is 1. The predicted molar refractivity (Wildman–Crippen MR) is 108 cm³/mol. The first-order valence-electron chi connectivity index (χ1n) is 10.1. The number of likely N-dealkylation sites (tertiary alicyclic amines) is 1. The SMILES string of the molecule is CC(C)(C)OC(=O)COC1CCN(C(=O)[C@@H](N)CCN(C(=O)O)C(C)(C)C)CC1. The molecule has 0 aromatic rings. The lowest BCUT2D eigenvalue weighted by atomic mass is 10.0. The fourth-order valence-corrected chi connectivity index (χ4v) is 3.14. The Kier molecular flexibility index (Phi) is 8.89. The molecule has 9 nitrogen and oxygen atoms in total. The van der Waals surface area contributed by atoms with Gasteiger partial charge in [0.15, 0.2) is 0 Å². The van der Waals surface area contributed by atoms with Crippen LogP contribution in [0.25, 0.3) is 0 Å². The average molecular weight is 416 g/mol. The maximum Gasteiger partial charge on any atom is 0.407 e. The summed E-state index contributed by atoms with van der Waals surface area (Å²) in [5.74, 6) is -0.588. The Labute approximate surface area is 173 Å². The Balaban J connectivity index is 2.41.